The number of hydrogen-bond acceptors (Lipinski definition) is 2. The van der Waals surface area contributed by atoms with E-state index in [2.05, 4.69) is 43.4 Å². The van der Waals surface area contributed by atoms with Crippen LogP contribution in [0, 0.1) is 31.1 Å². The van der Waals surface area contributed by atoms with Gasteiger partial charge in [0.05, 0.1) is 12.0 Å². The van der Waals surface area contributed by atoms with E-state index >= 15 is 0 Å². The Morgan fingerprint density at radius 2 is 2.20 bits per heavy atom. The Kier molecular flexibility index (Phi) is 2.75. The predicted octanol–water partition coefficient (Wildman–Crippen LogP) is 2.48. The lowest BCUT2D eigenvalue weighted by atomic mass is 9.96. The van der Waals surface area contributed by atoms with Crippen LogP contribution in [0.3, 0.4) is 0 Å². The van der Waals surface area contributed by atoms with Crippen molar-refractivity contribution in [3.63, 3.8) is 0 Å². The third kappa shape index (κ3) is 2.03. The van der Waals surface area contributed by atoms with Crippen molar-refractivity contribution in [2.45, 2.75) is 26.3 Å². The summed E-state index contributed by atoms with van der Waals surface area (Å²) in [6, 6.07) is 9.23. The summed E-state index contributed by atoms with van der Waals surface area (Å²) in [7, 11) is 0. The van der Waals surface area contributed by atoms with Crippen molar-refractivity contribution in [1.29, 1.82) is 5.26 Å². The van der Waals surface area contributed by atoms with Gasteiger partial charge in [0.2, 0.25) is 0 Å². The summed E-state index contributed by atoms with van der Waals surface area (Å²) in [4.78, 5) is 0. The molecule has 1 aromatic carbocycles. The molecule has 0 aliphatic carbocycles. The first-order chi connectivity index (χ1) is 7.20. The molecule has 0 amide bonds. The fourth-order valence-electron chi connectivity index (χ4n) is 2.29. The average molecular weight is 200 g/mol. The number of nitrogens with one attached hydrogen (secondary N) is 1. The standard InChI is InChI=1S/C13H16N2/c1-9-3-4-12(10(2)5-9)13-6-11(7-14)8-15-13/h3-5,11,13,15H,6,8H2,1-2H3. The first-order valence-electron chi connectivity index (χ1n) is 5.41. The molecular formula is C13H16N2. The Morgan fingerprint density at radius 1 is 1.40 bits per heavy atom. The SMILES string of the molecule is Cc1ccc(C2CC(C#N)CN2)c(C)c1. The molecule has 2 nitrogen and oxygen atoms in total. The van der Waals surface area contributed by atoms with E-state index in [0.717, 1.165) is 13.0 Å². The molecule has 0 aromatic heterocycles. The molecule has 1 heterocycles. The van der Waals surface area contributed by atoms with Gasteiger partial charge in [-0.2, -0.15) is 5.26 Å². The maximum Gasteiger partial charge on any atom is 0.0669 e. The molecule has 78 valence electrons. The van der Waals surface area contributed by atoms with E-state index in [1.165, 1.54) is 16.7 Å². The first-order valence-corrected chi connectivity index (χ1v) is 5.41. The minimum Gasteiger partial charge on any atom is -0.309 e. The Hall–Kier alpha value is -1.33. The Morgan fingerprint density at radius 3 is 2.80 bits per heavy atom. The molecule has 0 saturated carbocycles. The van der Waals surface area contributed by atoms with Crippen molar-refractivity contribution in [3.05, 3.63) is 34.9 Å². The van der Waals surface area contributed by atoms with Crippen LogP contribution in [-0.4, -0.2) is 6.54 Å². The molecule has 0 bridgehead atoms. The normalized spacial score (nSPS) is 25.1. The summed E-state index contributed by atoms with van der Waals surface area (Å²) in [5, 5.41) is 12.3. The van der Waals surface area contributed by atoms with Crippen molar-refractivity contribution in [2.24, 2.45) is 5.92 Å². The van der Waals surface area contributed by atoms with Gasteiger partial charge in [-0.15, -0.1) is 0 Å². The van der Waals surface area contributed by atoms with Gasteiger partial charge in [-0.25, -0.2) is 0 Å². The monoisotopic (exact) mass is 200 g/mol. The third-order valence-corrected chi connectivity index (χ3v) is 3.11. The highest BCUT2D eigenvalue weighted by Gasteiger charge is 2.25. The van der Waals surface area contributed by atoms with E-state index in [0.29, 0.717) is 6.04 Å². The molecule has 1 aliphatic heterocycles. The molecule has 0 radical (unpaired) electrons. The second-order valence-corrected chi connectivity index (χ2v) is 4.38. The average Bonchev–Trinajstić information content (AvgIpc) is 2.66. The van der Waals surface area contributed by atoms with Crippen molar-refractivity contribution in [3.8, 4) is 6.07 Å². The fourth-order valence-corrected chi connectivity index (χ4v) is 2.29. The van der Waals surface area contributed by atoms with E-state index < -0.39 is 0 Å². The van der Waals surface area contributed by atoms with Gasteiger partial charge in [0.15, 0.2) is 0 Å². The number of rotatable bonds is 1. The number of aryl methyl sites for hydroxylation is 2. The summed E-state index contributed by atoms with van der Waals surface area (Å²) < 4.78 is 0. The molecule has 2 heteroatoms. The van der Waals surface area contributed by atoms with Crippen molar-refractivity contribution >= 4 is 0 Å². The highest BCUT2D eigenvalue weighted by molar-refractivity contribution is 5.33. The zero-order chi connectivity index (χ0) is 10.8. The highest BCUT2D eigenvalue weighted by Crippen LogP contribution is 2.29. The van der Waals surface area contributed by atoms with E-state index in [9.17, 15) is 0 Å². The van der Waals surface area contributed by atoms with Crippen LogP contribution >= 0.6 is 0 Å². The number of nitrogens with zero attached hydrogens (tertiary/aromatic N) is 1. The highest BCUT2D eigenvalue weighted by atomic mass is 14.9. The molecule has 1 fully saturated rings. The van der Waals surface area contributed by atoms with Crippen molar-refractivity contribution in [1.82, 2.24) is 5.32 Å². The van der Waals surface area contributed by atoms with Gasteiger partial charge >= 0.3 is 0 Å². The zero-order valence-electron chi connectivity index (χ0n) is 9.25. The summed E-state index contributed by atoms with van der Waals surface area (Å²) >= 11 is 0. The van der Waals surface area contributed by atoms with Gasteiger partial charge < -0.3 is 5.32 Å². The Bertz CT molecular complexity index is 403. The van der Waals surface area contributed by atoms with E-state index in [1.807, 2.05) is 0 Å². The van der Waals surface area contributed by atoms with Gasteiger partial charge in [0.25, 0.3) is 0 Å². The van der Waals surface area contributed by atoms with Crippen LogP contribution in [0.1, 0.15) is 29.2 Å². The lowest BCUT2D eigenvalue weighted by Gasteiger charge is -2.14. The Labute approximate surface area is 90.9 Å². The summed E-state index contributed by atoms with van der Waals surface area (Å²) in [6.45, 7) is 5.08. The van der Waals surface area contributed by atoms with Gasteiger partial charge in [-0.3, -0.25) is 0 Å². The maximum atomic E-state index is 8.85. The quantitative estimate of drug-likeness (QED) is 0.756. The zero-order valence-corrected chi connectivity index (χ0v) is 9.25. The summed E-state index contributed by atoms with van der Waals surface area (Å²) in [5.74, 6) is 0.177. The van der Waals surface area contributed by atoms with Gasteiger partial charge in [-0.05, 0) is 31.4 Å². The van der Waals surface area contributed by atoms with Crippen LogP contribution in [0.15, 0.2) is 18.2 Å². The maximum absolute atomic E-state index is 8.85. The molecule has 15 heavy (non-hydrogen) atoms. The number of benzene rings is 1. The van der Waals surface area contributed by atoms with Crippen LogP contribution in [0.2, 0.25) is 0 Å². The largest absolute Gasteiger partial charge is 0.309 e. The Balaban J connectivity index is 2.21. The van der Waals surface area contributed by atoms with Crippen LogP contribution in [-0.2, 0) is 0 Å². The molecule has 1 aromatic rings. The molecule has 1 aliphatic rings. The minimum absolute atomic E-state index is 0.177. The van der Waals surface area contributed by atoms with Crippen LogP contribution in [0.25, 0.3) is 0 Å². The van der Waals surface area contributed by atoms with Gasteiger partial charge in [0.1, 0.15) is 0 Å². The van der Waals surface area contributed by atoms with E-state index in [-0.39, 0.29) is 5.92 Å². The minimum atomic E-state index is 0.177. The molecule has 0 spiro atoms. The molecule has 1 N–H and O–H groups in total. The lowest BCUT2D eigenvalue weighted by molar-refractivity contribution is 0.635. The second-order valence-electron chi connectivity index (χ2n) is 4.38. The van der Waals surface area contributed by atoms with Crippen LogP contribution in [0.5, 0.6) is 0 Å². The molecule has 2 unspecified atom stereocenters. The van der Waals surface area contributed by atoms with Crippen molar-refractivity contribution < 1.29 is 0 Å². The van der Waals surface area contributed by atoms with E-state index in [1.54, 1.807) is 0 Å². The summed E-state index contributed by atoms with van der Waals surface area (Å²) in [5.41, 5.74) is 3.97. The van der Waals surface area contributed by atoms with Crippen LogP contribution in [0.4, 0.5) is 0 Å². The van der Waals surface area contributed by atoms with Crippen molar-refractivity contribution in [2.75, 3.05) is 6.54 Å². The molecule has 1 saturated heterocycles. The topological polar surface area (TPSA) is 35.8 Å². The molecule has 2 atom stereocenters. The predicted molar refractivity (Wildman–Crippen MR) is 60.4 cm³/mol. The summed E-state index contributed by atoms with van der Waals surface area (Å²) in [6.07, 6.45) is 0.945. The van der Waals surface area contributed by atoms with Crippen LogP contribution < -0.4 is 5.32 Å². The van der Waals surface area contributed by atoms with E-state index in [4.69, 9.17) is 5.26 Å². The smallest absolute Gasteiger partial charge is 0.0669 e. The number of nitriles is 1. The molecule has 2 rings (SSSR count). The fraction of sp³-hybridized carbons (Fsp3) is 0.462. The lowest BCUT2D eigenvalue weighted by Crippen LogP contribution is -2.14. The molecular weight excluding hydrogens is 184 g/mol. The van der Waals surface area contributed by atoms with Gasteiger partial charge in [0, 0.05) is 12.6 Å². The third-order valence-electron chi connectivity index (χ3n) is 3.11. The second kappa shape index (κ2) is 4.04. The van der Waals surface area contributed by atoms with Gasteiger partial charge in [-0.1, -0.05) is 23.8 Å². The number of hydrogen-bond donors (Lipinski definition) is 1. The first kappa shape index (κ1) is 10.2.